The molecule has 0 N–H and O–H groups in total. The number of carbonyl (C=O) groups excluding carboxylic acids is 1. The van der Waals surface area contributed by atoms with E-state index in [1.54, 1.807) is 33.3 Å². The molecule has 20 heavy (non-hydrogen) atoms. The maximum atomic E-state index is 11.8. The molecule has 5 nitrogen and oxygen atoms in total. The Labute approximate surface area is 118 Å². The minimum absolute atomic E-state index is 0.338. The Morgan fingerprint density at radius 1 is 1.30 bits per heavy atom. The molecule has 0 saturated carbocycles. The lowest BCUT2D eigenvalue weighted by Gasteiger charge is -2.24. The van der Waals surface area contributed by atoms with E-state index in [9.17, 15) is 4.79 Å². The van der Waals surface area contributed by atoms with Crippen LogP contribution in [0.25, 0.3) is 5.69 Å². The lowest BCUT2D eigenvalue weighted by Crippen LogP contribution is -2.39. The summed E-state index contributed by atoms with van der Waals surface area (Å²) in [7, 11) is 0. The normalized spacial score (nSPS) is 11.2. The first-order valence-electron chi connectivity index (χ1n) is 6.47. The highest BCUT2D eigenvalue weighted by Gasteiger charge is 2.31. The van der Waals surface area contributed by atoms with Gasteiger partial charge in [-0.1, -0.05) is 0 Å². The van der Waals surface area contributed by atoms with Gasteiger partial charge < -0.3 is 14.0 Å². The highest BCUT2D eigenvalue weighted by molar-refractivity contribution is 5.79. The summed E-state index contributed by atoms with van der Waals surface area (Å²) in [6.45, 7) is 5.49. The number of rotatable bonds is 5. The van der Waals surface area contributed by atoms with Crippen molar-refractivity contribution in [2.75, 3.05) is 6.61 Å². The minimum atomic E-state index is -1.01. The number of ether oxygens (including phenoxy) is 2. The number of hydrogen-bond acceptors (Lipinski definition) is 4. The fraction of sp³-hybridized carbons (Fsp3) is 0.333. The SMILES string of the molecule is CCOC(=O)C(C)(C)Oc1ccc(-n2ccnc2)cc1. The highest BCUT2D eigenvalue weighted by atomic mass is 16.6. The van der Waals surface area contributed by atoms with Crippen LogP contribution in [-0.4, -0.2) is 27.7 Å². The number of hydrogen-bond donors (Lipinski definition) is 0. The van der Waals surface area contributed by atoms with Crippen molar-refractivity contribution >= 4 is 5.97 Å². The molecule has 0 unspecified atom stereocenters. The van der Waals surface area contributed by atoms with Gasteiger partial charge in [-0.15, -0.1) is 0 Å². The quantitative estimate of drug-likeness (QED) is 0.786. The Morgan fingerprint density at radius 2 is 2.00 bits per heavy atom. The predicted octanol–water partition coefficient (Wildman–Crippen LogP) is 2.59. The van der Waals surface area contributed by atoms with Crippen LogP contribution in [-0.2, 0) is 9.53 Å². The smallest absolute Gasteiger partial charge is 0.349 e. The minimum Gasteiger partial charge on any atom is -0.476 e. The van der Waals surface area contributed by atoms with E-state index in [1.165, 1.54) is 0 Å². The first-order valence-corrected chi connectivity index (χ1v) is 6.47. The van der Waals surface area contributed by atoms with Gasteiger partial charge in [-0.2, -0.15) is 0 Å². The molecule has 1 aromatic heterocycles. The summed E-state index contributed by atoms with van der Waals surface area (Å²) >= 11 is 0. The van der Waals surface area contributed by atoms with Crippen LogP contribution in [0.2, 0.25) is 0 Å². The van der Waals surface area contributed by atoms with Gasteiger partial charge in [0.05, 0.1) is 12.9 Å². The van der Waals surface area contributed by atoms with Crippen LogP contribution in [0.4, 0.5) is 0 Å². The zero-order valence-electron chi connectivity index (χ0n) is 11.9. The monoisotopic (exact) mass is 274 g/mol. The number of esters is 1. The molecule has 2 rings (SSSR count). The van der Waals surface area contributed by atoms with Gasteiger partial charge in [-0.05, 0) is 45.0 Å². The molecular weight excluding hydrogens is 256 g/mol. The van der Waals surface area contributed by atoms with Crippen LogP contribution in [0.1, 0.15) is 20.8 Å². The summed E-state index contributed by atoms with van der Waals surface area (Å²) in [5.41, 5.74) is -0.0317. The number of carbonyl (C=O) groups is 1. The van der Waals surface area contributed by atoms with Gasteiger partial charge in [-0.3, -0.25) is 0 Å². The van der Waals surface area contributed by atoms with E-state index in [-0.39, 0.29) is 5.97 Å². The highest BCUT2D eigenvalue weighted by Crippen LogP contribution is 2.21. The van der Waals surface area contributed by atoms with Crippen LogP contribution < -0.4 is 4.74 Å². The Bertz CT molecular complexity index is 559. The van der Waals surface area contributed by atoms with Crippen molar-refractivity contribution in [1.29, 1.82) is 0 Å². The standard InChI is InChI=1S/C15H18N2O3/c1-4-19-14(18)15(2,3)20-13-7-5-12(6-8-13)17-10-9-16-11-17/h5-11H,4H2,1-3H3. The number of aromatic nitrogens is 2. The van der Waals surface area contributed by atoms with E-state index in [0.717, 1.165) is 5.69 Å². The van der Waals surface area contributed by atoms with Gasteiger partial charge in [-0.25, -0.2) is 9.78 Å². The molecule has 0 aliphatic heterocycles. The van der Waals surface area contributed by atoms with E-state index in [1.807, 2.05) is 35.0 Å². The van der Waals surface area contributed by atoms with Crippen LogP contribution in [0, 0.1) is 0 Å². The third-order valence-corrected chi connectivity index (χ3v) is 2.78. The van der Waals surface area contributed by atoms with Crippen molar-refractivity contribution in [2.24, 2.45) is 0 Å². The van der Waals surface area contributed by atoms with E-state index in [2.05, 4.69) is 4.98 Å². The van der Waals surface area contributed by atoms with Crippen molar-refractivity contribution < 1.29 is 14.3 Å². The Morgan fingerprint density at radius 3 is 2.55 bits per heavy atom. The third-order valence-electron chi connectivity index (χ3n) is 2.78. The zero-order chi connectivity index (χ0) is 14.6. The van der Waals surface area contributed by atoms with Gasteiger partial charge >= 0.3 is 5.97 Å². The molecule has 0 atom stereocenters. The van der Waals surface area contributed by atoms with Crippen molar-refractivity contribution in [3.05, 3.63) is 43.0 Å². The molecule has 106 valence electrons. The lowest BCUT2D eigenvalue weighted by atomic mass is 10.1. The largest absolute Gasteiger partial charge is 0.476 e. The number of nitrogens with zero attached hydrogens (tertiary/aromatic N) is 2. The molecule has 0 fully saturated rings. The van der Waals surface area contributed by atoms with E-state index in [4.69, 9.17) is 9.47 Å². The van der Waals surface area contributed by atoms with Gasteiger partial charge in [0.15, 0.2) is 5.60 Å². The van der Waals surface area contributed by atoms with Crippen LogP contribution >= 0.6 is 0 Å². The second-order valence-electron chi connectivity index (χ2n) is 4.80. The fourth-order valence-electron chi connectivity index (χ4n) is 1.74. The van der Waals surface area contributed by atoms with Crippen molar-refractivity contribution in [3.63, 3.8) is 0 Å². The van der Waals surface area contributed by atoms with Gasteiger partial charge in [0.25, 0.3) is 0 Å². The molecule has 0 amide bonds. The molecule has 0 aliphatic carbocycles. The summed E-state index contributed by atoms with van der Waals surface area (Å²) in [4.78, 5) is 15.8. The second kappa shape index (κ2) is 5.77. The molecule has 0 saturated heterocycles. The first kappa shape index (κ1) is 14.1. The molecule has 0 aliphatic rings. The van der Waals surface area contributed by atoms with Crippen LogP contribution in [0.15, 0.2) is 43.0 Å². The Hall–Kier alpha value is -2.30. The van der Waals surface area contributed by atoms with Gasteiger partial charge in [0.2, 0.25) is 0 Å². The van der Waals surface area contributed by atoms with Crippen molar-refractivity contribution in [1.82, 2.24) is 9.55 Å². The van der Waals surface area contributed by atoms with Crippen molar-refractivity contribution in [2.45, 2.75) is 26.4 Å². The molecule has 1 heterocycles. The summed E-state index contributed by atoms with van der Waals surface area (Å²) in [6.07, 6.45) is 5.30. The predicted molar refractivity (Wildman–Crippen MR) is 74.9 cm³/mol. The molecule has 0 bridgehead atoms. The number of imidazole rings is 1. The molecular formula is C15H18N2O3. The van der Waals surface area contributed by atoms with Gasteiger partial charge in [0.1, 0.15) is 5.75 Å². The van der Waals surface area contributed by atoms with Crippen LogP contribution in [0.5, 0.6) is 5.75 Å². The lowest BCUT2D eigenvalue weighted by molar-refractivity contribution is -0.158. The van der Waals surface area contributed by atoms with E-state index >= 15 is 0 Å². The summed E-state index contributed by atoms with van der Waals surface area (Å²) < 4.78 is 12.6. The summed E-state index contributed by atoms with van der Waals surface area (Å²) in [5.74, 6) is 0.241. The molecule has 0 radical (unpaired) electrons. The maximum absolute atomic E-state index is 11.8. The maximum Gasteiger partial charge on any atom is 0.349 e. The topological polar surface area (TPSA) is 53.4 Å². The average molecular weight is 274 g/mol. The van der Waals surface area contributed by atoms with E-state index < -0.39 is 5.60 Å². The van der Waals surface area contributed by atoms with Crippen LogP contribution in [0.3, 0.4) is 0 Å². The molecule has 5 heteroatoms. The molecule has 2 aromatic rings. The average Bonchev–Trinajstić information content (AvgIpc) is 2.93. The van der Waals surface area contributed by atoms with E-state index in [0.29, 0.717) is 12.4 Å². The molecule has 0 spiro atoms. The fourth-order valence-corrected chi connectivity index (χ4v) is 1.74. The first-order chi connectivity index (χ1) is 9.53. The van der Waals surface area contributed by atoms with Crippen molar-refractivity contribution in [3.8, 4) is 11.4 Å². The zero-order valence-corrected chi connectivity index (χ0v) is 11.9. The van der Waals surface area contributed by atoms with Gasteiger partial charge in [0, 0.05) is 18.1 Å². The number of benzene rings is 1. The second-order valence-corrected chi connectivity index (χ2v) is 4.80. The molecule has 1 aromatic carbocycles. The summed E-state index contributed by atoms with van der Waals surface area (Å²) in [5, 5.41) is 0. The Kier molecular flexibility index (Phi) is 4.08. The Balaban J connectivity index is 2.09. The summed E-state index contributed by atoms with van der Waals surface area (Å²) in [6, 6.07) is 7.43. The third kappa shape index (κ3) is 3.17.